The van der Waals surface area contributed by atoms with Gasteiger partial charge >= 0.3 is 0 Å². The van der Waals surface area contributed by atoms with Crippen molar-refractivity contribution >= 4 is 28.5 Å². The molecule has 0 saturated carbocycles. The third-order valence-electron chi connectivity index (χ3n) is 7.09. The van der Waals surface area contributed by atoms with Crippen LogP contribution in [0.1, 0.15) is 71.2 Å². The van der Waals surface area contributed by atoms with Gasteiger partial charge in [0.2, 0.25) is 5.89 Å². The molecule has 1 aliphatic carbocycles. The number of fused-ring (bicyclic) bond motifs is 2. The van der Waals surface area contributed by atoms with Crippen LogP contribution in [0.5, 0.6) is 0 Å². The van der Waals surface area contributed by atoms with Gasteiger partial charge in [0.1, 0.15) is 5.76 Å². The second kappa shape index (κ2) is 8.80. The molecule has 178 valence electrons. The Kier molecular flexibility index (Phi) is 5.47. The van der Waals surface area contributed by atoms with Crippen LogP contribution in [0, 0.1) is 12.8 Å². The molecule has 3 aromatic heterocycles. The third-order valence-corrected chi connectivity index (χ3v) is 7.09. The summed E-state index contributed by atoms with van der Waals surface area (Å²) < 4.78 is 11.1. The Balaban J connectivity index is 1.45. The highest BCUT2D eigenvalue weighted by molar-refractivity contribution is 6.09. The molecule has 7 nitrogen and oxygen atoms in total. The lowest BCUT2D eigenvalue weighted by Gasteiger charge is -2.33. The second-order valence-corrected chi connectivity index (χ2v) is 9.80. The molecule has 35 heavy (non-hydrogen) atoms. The van der Waals surface area contributed by atoms with Crippen molar-refractivity contribution in [3.8, 4) is 0 Å². The number of hydrogen-bond donors (Lipinski definition) is 0. The van der Waals surface area contributed by atoms with Gasteiger partial charge in [-0.1, -0.05) is 30.3 Å². The monoisotopic (exact) mass is 468 g/mol. The first-order valence-electron chi connectivity index (χ1n) is 12.3. The van der Waals surface area contributed by atoms with Gasteiger partial charge in [0, 0.05) is 18.5 Å². The maximum Gasteiger partial charge on any atom is 0.254 e. The van der Waals surface area contributed by atoms with Crippen molar-refractivity contribution in [1.29, 1.82) is 0 Å². The normalized spacial score (nSPS) is 21.4. The van der Waals surface area contributed by atoms with Crippen LogP contribution in [0.4, 0.5) is 0 Å². The van der Waals surface area contributed by atoms with Crippen molar-refractivity contribution in [2.75, 3.05) is 13.1 Å². The van der Waals surface area contributed by atoms with Gasteiger partial charge in [-0.25, -0.2) is 4.98 Å². The average Bonchev–Trinajstić information content (AvgIpc) is 3.54. The largest absolute Gasteiger partial charge is 0.465 e. The summed E-state index contributed by atoms with van der Waals surface area (Å²) in [5.74, 6) is 2.57. The van der Waals surface area contributed by atoms with Crippen LogP contribution < -0.4 is 0 Å². The average molecular weight is 469 g/mol. The van der Waals surface area contributed by atoms with Crippen LogP contribution >= 0.6 is 0 Å². The van der Waals surface area contributed by atoms with Gasteiger partial charge in [-0.3, -0.25) is 4.79 Å². The number of aryl methyl sites for hydroxylation is 1. The van der Waals surface area contributed by atoms with Crippen LogP contribution in [0.25, 0.3) is 22.6 Å². The molecule has 0 N–H and O–H groups in total. The van der Waals surface area contributed by atoms with Gasteiger partial charge in [0.05, 0.1) is 29.0 Å². The van der Waals surface area contributed by atoms with Gasteiger partial charge in [0.15, 0.2) is 5.82 Å². The number of benzene rings is 1. The summed E-state index contributed by atoms with van der Waals surface area (Å²) >= 11 is 0. The highest BCUT2D eigenvalue weighted by Gasteiger charge is 2.33. The molecule has 1 aromatic carbocycles. The Hall–Kier alpha value is -3.74. The third kappa shape index (κ3) is 4.05. The fourth-order valence-electron chi connectivity index (χ4n) is 5.53. The van der Waals surface area contributed by atoms with E-state index in [-0.39, 0.29) is 11.8 Å². The van der Waals surface area contributed by atoms with Gasteiger partial charge < -0.3 is 13.8 Å². The first-order chi connectivity index (χ1) is 17.1. The number of likely N-dealkylation sites (tertiary alicyclic amines) is 1. The van der Waals surface area contributed by atoms with E-state index >= 15 is 0 Å². The molecule has 1 aliphatic heterocycles. The number of pyridine rings is 1. The number of carbonyl (C=O) groups is 1. The summed E-state index contributed by atoms with van der Waals surface area (Å²) in [6.07, 6.45) is 7.31. The van der Waals surface area contributed by atoms with Gasteiger partial charge in [-0.05, 0) is 73.9 Å². The van der Waals surface area contributed by atoms with E-state index in [1.807, 2.05) is 48.2 Å². The second-order valence-electron chi connectivity index (χ2n) is 9.80. The molecular formula is C28H28N4O3. The minimum Gasteiger partial charge on any atom is -0.465 e. The number of piperidine rings is 1. The van der Waals surface area contributed by atoms with Crippen molar-refractivity contribution in [2.45, 2.75) is 45.4 Å². The quantitative estimate of drug-likeness (QED) is 0.386. The van der Waals surface area contributed by atoms with Gasteiger partial charge in [0.25, 0.3) is 5.91 Å². The number of carbonyl (C=O) groups excluding carboxylic acids is 1. The summed E-state index contributed by atoms with van der Waals surface area (Å²) in [5, 5.41) is 4.87. The SMILES string of the molecule is Cc1noc(C2CCCN(C(=O)c3c4c(nc5ccccc35)/C(=C\c3ccco3)CC(C)C4)C2)n1. The van der Waals surface area contributed by atoms with Crippen molar-refractivity contribution in [2.24, 2.45) is 5.92 Å². The van der Waals surface area contributed by atoms with E-state index < -0.39 is 0 Å². The number of nitrogens with zero attached hydrogens (tertiary/aromatic N) is 4. The Morgan fingerprint density at radius 3 is 2.83 bits per heavy atom. The molecule has 7 heteroatoms. The molecule has 6 rings (SSSR count). The fourth-order valence-corrected chi connectivity index (χ4v) is 5.53. The van der Waals surface area contributed by atoms with E-state index in [2.05, 4.69) is 23.1 Å². The molecule has 0 bridgehead atoms. The van der Waals surface area contributed by atoms with E-state index in [1.54, 1.807) is 6.26 Å². The number of allylic oxidation sites excluding steroid dienone is 1. The lowest BCUT2D eigenvalue weighted by Crippen LogP contribution is -2.40. The first kappa shape index (κ1) is 21.8. The molecule has 4 heterocycles. The zero-order valence-electron chi connectivity index (χ0n) is 20.0. The molecule has 2 atom stereocenters. The minimum absolute atomic E-state index is 0.0613. The molecule has 1 amide bonds. The van der Waals surface area contributed by atoms with Crippen LogP contribution in [0.3, 0.4) is 0 Å². The maximum absolute atomic E-state index is 14.2. The van der Waals surface area contributed by atoms with E-state index in [1.165, 1.54) is 0 Å². The Morgan fingerprint density at radius 2 is 2.03 bits per heavy atom. The fraction of sp³-hybridized carbons (Fsp3) is 0.357. The summed E-state index contributed by atoms with van der Waals surface area (Å²) in [6, 6.07) is 11.8. The molecular weight excluding hydrogens is 440 g/mol. The zero-order chi connectivity index (χ0) is 23.9. The van der Waals surface area contributed by atoms with E-state index in [0.29, 0.717) is 24.2 Å². The number of furan rings is 1. The number of para-hydroxylation sites is 1. The molecule has 4 aromatic rings. The van der Waals surface area contributed by atoms with Crippen LogP contribution in [-0.4, -0.2) is 39.0 Å². The Bertz CT molecular complexity index is 1420. The topological polar surface area (TPSA) is 85.3 Å². The van der Waals surface area contributed by atoms with Gasteiger partial charge in [-0.15, -0.1) is 0 Å². The zero-order valence-corrected chi connectivity index (χ0v) is 20.0. The Labute approximate surface area is 203 Å². The smallest absolute Gasteiger partial charge is 0.254 e. The standard InChI is InChI=1S/C28H28N4O3/c1-17-13-20(15-21-8-6-12-34-21)26-23(14-17)25(22-9-3-4-10-24(22)30-26)28(33)32-11-5-7-19(16-32)27-29-18(2)31-35-27/h3-4,6,8-10,12,15,17,19H,5,7,11,13-14,16H2,1-2H3/b20-15-. The molecule has 1 saturated heterocycles. The predicted octanol–water partition coefficient (Wildman–Crippen LogP) is 5.66. The van der Waals surface area contributed by atoms with Crippen LogP contribution in [0.2, 0.25) is 0 Å². The summed E-state index contributed by atoms with van der Waals surface area (Å²) in [5.41, 5.74) is 4.70. The predicted molar refractivity (Wildman–Crippen MR) is 133 cm³/mol. The summed E-state index contributed by atoms with van der Waals surface area (Å²) in [7, 11) is 0. The van der Waals surface area contributed by atoms with E-state index in [0.717, 1.165) is 71.3 Å². The Morgan fingerprint density at radius 1 is 1.14 bits per heavy atom. The molecule has 2 aliphatic rings. The van der Waals surface area contributed by atoms with Crippen molar-refractivity contribution in [1.82, 2.24) is 20.0 Å². The van der Waals surface area contributed by atoms with E-state index in [9.17, 15) is 4.79 Å². The number of aromatic nitrogens is 3. The minimum atomic E-state index is 0.0613. The lowest BCUT2D eigenvalue weighted by molar-refractivity contribution is 0.0696. The first-order valence-corrected chi connectivity index (χ1v) is 12.3. The number of hydrogen-bond acceptors (Lipinski definition) is 6. The van der Waals surface area contributed by atoms with Crippen molar-refractivity contribution < 1.29 is 13.7 Å². The molecule has 0 radical (unpaired) electrons. The number of rotatable bonds is 3. The molecule has 0 spiro atoms. The number of amides is 1. The van der Waals surface area contributed by atoms with Crippen molar-refractivity contribution in [3.63, 3.8) is 0 Å². The van der Waals surface area contributed by atoms with Crippen molar-refractivity contribution in [3.05, 3.63) is 77.0 Å². The maximum atomic E-state index is 14.2. The molecule has 2 unspecified atom stereocenters. The highest BCUT2D eigenvalue weighted by atomic mass is 16.5. The molecule has 1 fully saturated rings. The summed E-state index contributed by atoms with van der Waals surface area (Å²) in [4.78, 5) is 25.6. The van der Waals surface area contributed by atoms with E-state index in [4.69, 9.17) is 13.9 Å². The lowest BCUT2D eigenvalue weighted by atomic mass is 9.80. The van der Waals surface area contributed by atoms with Crippen LogP contribution in [-0.2, 0) is 6.42 Å². The van der Waals surface area contributed by atoms with Gasteiger partial charge in [-0.2, -0.15) is 4.98 Å². The highest BCUT2D eigenvalue weighted by Crippen LogP contribution is 2.39. The summed E-state index contributed by atoms with van der Waals surface area (Å²) in [6.45, 7) is 5.36. The van der Waals surface area contributed by atoms with Crippen LogP contribution in [0.15, 0.2) is 51.6 Å².